The summed E-state index contributed by atoms with van der Waals surface area (Å²) >= 11 is 0. The second kappa shape index (κ2) is 10.9. The number of alkyl halides is 1. The van der Waals surface area contributed by atoms with Crippen molar-refractivity contribution < 1.29 is 18.7 Å². The second-order valence-corrected chi connectivity index (χ2v) is 10.1. The first-order valence-electron chi connectivity index (χ1n) is 12.9. The third-order valence-electron chi connectivity index (χ3n) is 7.15. The smallest absolute Gasteiger partial charge is 0.251 e. The molecule has 2 amide bonds. The number of amides is 2. The molecule has 4 aromatic rings. The lowest BCUT2D eigenvalue weighted by molar-refractivity contribution is -0.112. The number of aromatic nitrogens is 3. The topological polar surface area (TPSA) is 124 Å². The molecule has 206 valence electrons. The van der Waals surface area contributed by atoms with Crippen LogP contribution in [0.2, 0.25) is 0 Å². The zero-order valence-electron chi connectivity index (χ0n) is 22.6. The predicted octanol–water partition coefficient (Wildman–Crippen LogP) is 4.78. The van der Waals surface area contributed by atoms with Gasteiger partial charge in [0.05, 0.1) is 17.7 Å². The largest absolute Gasteiger partial charge is 0.383 e. The molecule has 5 rings (SSSR count). The Hall–Kier alpha value is -4.57. The normalized spacial score (nSPS) is 16.4. The van der Waals surface area contributed by atoms with Crippen LogP contribution in [0.1, 0.15) is 35.7 Å². The van der Waals surface area contributed by atoms with E-state index >= 15 is 0 Å². The van der Waals surface area contributed by atoms with Gasteiger partial charge < -0.3 is 25.7 Å². The molecule has 0 aliphatic heterocycles. The van der Waals surface area contributed by atoms with Gasteiger partial charge in [-0.25, -0.2) is 14.4 Å². The maximum Gasteiger partial charge on any atom is 0.251 e. The van der Waals surface area contributed by atoms with Crippen LogP contribution in [-0.2, 0) is 23.2 Å². The Labute approximate surface area is 231 Å². The van der Waals surface area contributed by atoms with Crippen molar-refractivity contribution in [1.29, 1.82) is 0 Å². The first-order valence-corrected chi connectivity index (χ1v) is 12.9. The van der Waals surface area contributed by atoms with Crippen molar-refractivity contribution in [2.24, 2.45) is 7.05 Å². The van der Waals surface area contributed by atoms with Crippen molar-refractivity contribution in [3.05, 3.63) is 72.1 Å². The van der Waals surface area contributed by atoms with Gasteiger partial charge in [0.2, 0.25) is 0 Å². The van der Waals surface area contributed by atoms with Crippen molar-refractivity contribution in [3.63, 3.8) is 0 Å². The quantitative estimate of drug-likeness (QED) is 0.276. The number of carbonyl (C=O) groups excluding carboxylic acids is 2. The Morgan fingerprint density at radius 1 is 1.15 bits per heavy atom. The van der Waals surface area contributed by atoms with Gasteiger partial charge in [-0.05, 0) is 60.7 Å². The van der Waals surface area contributed by atoms with E-state index in [1.165, 1.54) is 6.33 Å². The standard InChI is InChI=1S/C30H31FN6O3/c1-16(2)29(38)35-21-8-5-17(6-9-21)26-24(25-27(32)33-15-34-28(25)37(26)3)18-7-10-23(19(11-18)14-40-4)30(39)36-22-12-20(31)13-22/h5-11,15,20,22H,1,12-14H2,2-4H3,(H,35,38)(H,36,39)(H2,32,33,34). The summed E-state index contributed by atoms with van der Waals surface area (Å²) in [5, 5.41) is 6.42. The van der Waals surface area contributed by atoms with E-state index in [2.05, 4.69) is 27.2 Å². The van der Waals surface area contributed by atoms with Gasteiger partial charge in [0.25, 0.3) is 11.8 Å². The van der Waals surface area contributed by atoms with Crippen LogP contribution >= 0.6 is 0 Å². The lowest BCUT2D eigenvalue weighted by Crippen LogP contribution is -2.45. The van der Waals surface area contributed by atoms with Gasteiger partial charge in [-0.3, -0.25) is 9.59 Å². The highest BCUT2D eigenvalue weighted by Gasteiger charge is 2.31. The minimum absolute atomic E-state index is 0.165. The van der Waals surface area contributed by atoms with Crippen molar-refractivity contribution in [2.75, 3.05) is 18.2 Å². The molecule has 2 heterocycles. The minimum Gasteiger partial charge on any atom is -0.383 e. The molecule has 0 saturated heterocycles. The summed E-state index contributed by atoms with van der Waals surface area (Å²) < 4.78 is 20.7. The number of nitrogens with two attached hydrogens (primary N) is 1. The zero-order valence-corrected chi connectivity index (χ0v) is 22.6. The number of nitrogens with zero attached hydrogens (tertiary/aromatic N) is 3. The maximum absolute atomic E-state index is 13.3. The van der Waals surface area contributed by atoms with E-state index in [9.17, 15) is 14.0 Å². The average Bonchev–Trinajstić information content (AvgIpc) is 3.21. The fraction of sp³-hybridized carbons (Fsp3) is 0.267. The summed E-state index contributed by atoms with van der Waals surface area (Å²) in [6, 6.07) is 12.8. The van der Waals surface area contributed by atoms with Crippen molar-refractivity contribution in [1.82, 2.24) is 19.9 Å². The Balaban J connectivity index is 1.61. The Bertz CT molecular complexity index is 1620. The van der Waals surface area contributed by atoms with Crippen LogP contribution in [-0.4, -0.2) is 45.7 Å². The number of ether oxygens (including phenoxy) is 1. The van der Waals surface area contributed by atoms with Gasteiger partial charge in [0.1, 0.15) is 24.0 Å². The van der Waals surface area contributed by atoms with Gasteiger partial charge in [-0.1, -0.05) is 24.8 Å². The molecule has 1 aliphatic rings. The lowest BCUT2D eigenvalue weighted by atomic mass is 9.90. The van der Waals surface area contributed by atoms with Crippen LogP contribution in [0.25, 0.3) is 33.4 Å². The Morgan fingerprint density at radius 3 is 2.50 bits per heavy atom. The Morgan fingerprint density at radius 2 is 1.85 bits per heavy atom. The monoisotopic (exact) mass is 542 g/mol. The van der Waals surface area contributed by atoms with Crippen molar-refractivity contribution >= 4 is 34.4 Å². The molecule has 1 aliphatic carbocycles. The lowest BCUT2D eigenvalue weighted by Gasteiger charge is -2.30. The number of rotatable bonds is 8. The van der Waals surface area contributed by atoms with Gasteiger partial charge in [-0.15, -0.1) is 0 Å². The summed E-state index contributed by atoms with van der Waals surface area (Å²) in [4.78, 5) is 33.8. The van der Waals surface area contributed by atoms with E-state index in [1.54, 1.807) is 20.1 Å². The molecule has 10 heteroatoms. The molecule has 1 fully saturated rings. The zero-order chi connectivity index (χ0) is 28.6. The summed E-state index contributed by atoms with van der Waals surface area (Å²) in [6.45, 7) is 5.53. The van der Waals surface area contributed by atoms with E-state index in [1.807, 2.05) is 48.0 Å². The SMILES string of the molecule is C=C(C)C(=O)Nc1ccc(-c2c(-c3ccc(C(=O)NC4CC(F)C4)c(COC)c3)c3c(N)ncnc3n2C)cc1. The average molecular weight is 543 g/mol. The number of benzene rings is 2. The molecule has 1 saturated carbocycles. The van der Waals surface area contributed by atoms with Crippen LogP contribution in [0.3, 0.4) is 0 Å². The minimum atomic E-state index is -0.861. The summed E-state index contributed by atoms with van der Waals surface area (Å²) in [6.07, 6.45) is 1.23. The van der Waals surface area contributed by atoms with Crippen LogP contribution in [0.5, 0.6) is 0 Å². The first-order chi connectivity index (χ1) is 19.2. The molecule has 40 heavy (non-hydrogen) atoms. The molecule has 4 N–H and O–H groups in total. The van der Waals surface area contributed by atoms with Gasteiger partial charge in [0, 0.05) is 42.6 Å². The van der Waals surface area contributed by atoms with E-state index in [4.69, 9.17) is 10.5 Å². The van der Waals surface area contributed by atoms with Crippen molar-refractivity contribution in [2.45, 2.75) is 38.6 Å². The molecule has 0 radical (unpaired) electrons. The molecule has 0 atom stereocenters. The maximum atomic E-state index is 13.3. The summed E-state index contributed by atoms with van der Waals surface area (Å²) in [5.74, 6) is -0.185. The second-order valence-electron chi connectivity index (χ2n) is 10.1. The number of hydrogen-bond acceptors (Lipinski definition) is 6. The number of aryl methyl sites for hydroxylation is 1. The number of nitrogens with one attached hydrogen (secondary N) is 2. The molecular weight excluding hydrogens is 511 g/mol. The highest BCUT2D eigenvalue weighted by molar-refractivity contribution is 6.08. The van der Waals surface area contributed by atoms with Crippen LogP contribution in [0, 0.1) is 0 Å². The summed E-state index contributed by atoms with van der Waals surface area (Å²) in [5.41, 5.74) is 12.6. The first kappa shape index (κ1) is 27.0. The fourth-order valence-electron chi connectivity index (χ4n) is 5.02. The predicted molar refractivity (Wildman–Crippen MR) is 153 cm³/mol. The molecule has 0 spiro atoms. The third-order valence-corrected chi connectivity index (χ3v) is 7.15. The fourth-order valence-corrected chi connectivity index (χ4v) is 5.02. The molecule has 0 unspecified atom stereocenters. The molecule has 2 aromatic carbocycles. The number of methoxy groups -OCH3 is 1. The third kappa shape index (κ3) is 5.05. The molecular formula is C30H31FN6O3. The highest BCUT2D eigenvalue weighted by atomic mass is 19.1. The van der Waals surface area contributed by atoms with Gasteiger partial charge >= 0.3 is 0 Å². The molecule has 0 bridgehead atoms. The van der Waals surface area contributed by atoms with Gasteiger partial charge in [0.15, 0.2) is 0 Å². The van der Waals surface area contributed by atoms with Crippen LogP contribution in [0.4, 0.5) is 15.9 Å². The van der Waals surface area contributed by atoms with Crippen LogP contribution in [0.15, 0.2) is 60.9 Å². The number of nitrogen functional groups attached to an aromatic ring is 1. The van der Waals surface area contributed by atoms with E-state index < -0.39 is 6.17 Å². The van der Waals surface area contributed by atoms with E-state index in [0.29, 0.717) is 52.1 Å². The number of anilines is 2. The van der Waals surface area contributed by atoms with Crippen molar-refractivity contribution in [3.8, 4) is 22.4 Å². The number of carbonyl (C=O) groups is 2. The van der Waals surface area contributed by atoms with E-state index in [0.717, 1.165) is 22.4 Å². The van der Waals surface area contributed by atoms with Gasteiger partial charge in [-0.2, -0.15) is 0 Å². The van der Waals surface area contributed by atoms with E-state index in [-0.39, 0.29) is 24.5 Å². The molecule has 9 nitrogen and oxygen atoms in total. The Kier molecular flexibility index (Phi) is 7.36. The van der Waals surface area contributed by atoms with Crippen LogP contribution < -0.4 is 16.4 Å². The number of fused-ring (bicyclic) bond motifs is 1. The highest BCUT2D eigenvalue weighted by Crippen LogP contribution is 2.42. The number of halogens is 1. The molecule has 2 aromatic heterocycles. The summed E-state index contributed by atoms with van der Waals surface area (Å²) in [7, 11) is 3.47. The number of hydrogen-bond donors (Lipinski definition) is 3.